The standard InChI is InChI=1S/C14H30NO7P/c1-5-6-7-8-14(17)20-12-13(11-16)22-23(18,19)21-10-9-15(2,3)4/h13,16H,5-12H2,1-4H3/p+1/t13-/m0/s1. The predicted octanol–water partition coefficient (Wildman–Crippen LogP) is 1.31. The number of esters is 1. The van der Waals surface area contributed by atoms with Crippen molar-refractivity contribution in [1.82, 2.24) is 0 Å². The van der Waals surface area contributed by atoms with E-state index < -0.39 is 26.5 Å². The van der Waals surface area contributed by atoms with Gasteiger partial charge in [0.1, 0.15) is 25.9 Å². The van der Waals surface area contributed by atoms with Gasteiger partial charge in [0, 0.05) is 6.42 Å². The molecule has 0 rings (SSSR count). The zero-order chi connectivity index (χ0) is 17.9. The van der Waals surface area contributed by atoms with Crippen molar-refractivity contribution in [2.24, 2.45) is 0 Å². The molecule has 138 valence electrons. The number of carbonyl (C=O) groups is 1. The molecule has 9 heteroatoms. The van der Waals surface area contributed by atoms with E-state index in [4.69, 9.17) is 18.9 Å². The van der Waals surface area contributed by atoms with Crippen LogP contribution in [0.1, 0.15) is 32.6 Å². The Balaban J connectivity index is 4.14. The van der Waals surface area contributed by atoms with E-state index in [1.807, 2.05) is 28.1 Å². The molecular weight excluding hydrogens is 325 g/mol. The molecule has 23 heavy (non-hydrogen) atoms. The molecule has 0 fully saturated rings. The van der Waals surface area contributed by atoms with Crippen LogP contribution < -0.4 is 0 Å². The number of likely N-dealkylation sites (N-methyl/N-ethyl adjacent to an activating group) is 1. The molecule has 0 heterocycles. The Hall–Kier alpha value is -0.500. The van der Waals surface area contributed by atoms with Crippen LogP contribution >= 0.6 is 7.82 Å². The van der Waals surface area contributed by atoms with Crippen molar-refractivity contribution in [1.29, 1.82) is 0 Å². The van der Waals surface area contributed by atoms with Gasteiger partial charge in [-0.1, -0.05) is 19.8 Å². The Kier molecular flexibility index (Phi) is 10.9. The maximum Gasteiger partial charge on any atom is 0.472 e. The number of ether oxygens (including phenoxy) is 1. The number of carbonyl (C=O) groups excluding carboxylic acids is 1. The van der Waals surface area contributed by atoms with E-state index in [1.165, 1.54) is 0 Å². The Morgan fingerprint density at radius 1 is 1.26 bits per heavy atom. The fraction of sp³-hybridized carbons (Fsp3) is 0.929. The lowest BCUT2D eigenvalue weighted by molar-refractivity contribution is -0.870. The first-order valence-electron chi connectivity index (χ1n) is 7.82. The van der Waals surface area contributed by atoms with Gasteiger partial charge in [0.15, 0.2) is 0 Å². The van der Waals surface area contributed by atoms with E-state index in [9.17, 15) is 14.3 Å². The number of phosphoric ester groups is 1. The van der Waals surface area contributed by atoms with Crippen molar-refractivity contribution >= 4 is 13.8 Å². The molecular formula is C14H31NO7P+. The molecule has 0 aliphatic carbocycles. The van der Waals surface area contributed by atoms with Crippen molar-refractivity contribution in [3.63, 3.8) is 0 Å². The summed E-state index contributed by atoms with van der Waals surface area (Å²) in [6, 6.07) is 0. The Labute approximate surface area is 138 Å². The number of hydrogen-bond donors (Lipinski definition) is 2. The van der Waals surface area contributed by atoms with E-state index in [1.54, 1.807) is 0 Å². The summed E-state index contributed by atoms with van der Waals surface area (Å²) in [6.07, 6.45) is 1.84. The number of quaternary nitrogens is 1. The minimum Gasteiger partial charge on any atom is -0.463 e. The lowest BCUT2D eigenvalue weighted by Gasteiger charge is -2.24. The number of phosphoric acid groups is 1. The SMILES string of the molecule is CCCCCC(=O)OC[C@H](CO)OP(=O)(O)OCC[N+](C)(C)C. The first-order chi connectivity index (χ1) is 10.6. The first kappa shape index (κ1) is 22.5. The molecule has 0 radical (unpaired) electrons. The molecule has 0 aromatic rings. The maximum absolute atomic E-state index is 11.8. The number of rotatable bonds is 13. The average molecular weight is 356 g/mol. The van der Waals surface area contributed by atoms with Crippen molar-refractivity contribution in [2.75, 3.05) is 47.5 Å². The molecule has 0 aliphatic rings. The highest BCUT2D eigenvalue weighted by Crippen LogP contribution is 2.44. The summed E-state index contributed by atoms with van der Waals surface area (Å²) < 4.78 is 27.0. The molecule has 0 bridgehead atoms. The lowest BCUT2D eigenvalue weighted by atomic mass is 10.2. The Bertz CT molecular complexity index is 384. The molecule has 2 N–H and O–H groups in total. The quantitative estimate of drug-likeness (QED) is 0.222. The maximum atomic E-state index is 11.8. The average Bonchev–Trinajstić information content (AvgIpc) is 2.42. The second-order valence-electron chi connectivity index (χ2n) is 6.37. The number of hydrogen-bond acceptors (Lipinski definition) is 6. The minimum absolute atomic E-state index is 0.0340. The van der Waals surface area contributed by atoms with Gasteiger partial charge >= 0.3 is 13.8 Å². The van der Waals surface area contributed by atoms with Crippen LogP contribution in [-0.4, -0.2) is 74.1 Å². The van der Waals surface area contributed by atoms with Gasteiger partial charge < -0.3 is 19.2 Å². The highest BCUT2D eigenvalue weighted by Gasteiger charge is 2.28. The Morgan fingerprint density at radius 2 is 1.91 bits per heavy atom. The van der Waals surface area contributed by atoms with E-state index in [0.29, 0.717) is 11.0 Å². The number of aliphatic hydroxyl groups excluding tert-OH is 1. The zero-order valence-corrected chi connectivity index (χ0v) is 15.5. The molecule has 0 saturated heterocycles. The third-order valence-electron chi connectivity index (χ3n) is 2.92. The molecule has 1 unspecified atom stereocenters. The highest BCUT2D eigenvalue weighted by atomic mass is 31.2. The summed E-state index contributed by atoms with van der Waals surface area (Å²) in [5.41, 5.74) is 0. The molecule has 0 aliphatic heterocycles. The highest BCUT2D eigenvalue weighted by molar-refractivity contribution is 7.47. The largest absolute Gasteiger partial charge is 0.472 e. The topological polar surface area (TPSA) is 102 Å². The van der Waals surface area contributed by atoms with Crippen LogP contribution in [-0.2, 0) is 23.1 Å². The summed E-state index contributed by atoms with van der Waals surface area (Å²) >= 11 is 0. The van der Waals surface area contributed by atoms with E-state index in [-0.39, 0.29) is 19.6 Å². The molecule has 0 saturated carbocycles. The molecule has 8 nitrogen and oxygen atoms in total. The number of aliphatic hydroxyl groups is 1. The summed E-state index contributed by atoms with van der Waals surface area (Å²) in [4.78, 5) is 21.1. The van der Waals surface area contributed by atoms with Crippen molar-refractivity contribution in [2.45, 2.75) is 38.7 Å². The molecule has 0 aromatic carbocycles. The van der Waals surface area contributed by atoms with Crippen LogP contribution in [0.15, 0.2) is 0 Å². The predicted molar refractivity (Wildman–Crippen MR) is 85.7 cm³/mol. The van der Waals surface area contributed by atoms with Crippen LogP contribution in [0.5, 0.6) is 0 Å². The molecule has 2 atom stereocenters. The third-order valence-corrected chi connectivity index (χ3v) is 3.99. The first-order valence-corrected chi connectivity index (χ1v) is 9.32. The van der Waals surface area contributed by atoms with Crippen LogP contribution in [0.2, 0.25) is 0 Å². The van der Waals surface area contributed by atoms with E-state index in [2.05, 4.69) is 0 Å². The van der Waals surface area contributed by atoms with Crippen molar-refractivity contribution in [3.05, 3.63) is 0 Å². The summed E-state index contributed by atoms with van der Waals surface area (Å²) in [7, 11) is 1.45. The van der Waals surface area contributed by atoms with Crippen molar-refractivity contribution in [3.8, 4) is 0 Å². The van der Waals surface area contributed by atoms with Crippen LogP contribution in [0.4, 0.5) is 0 Å². The number of nitrogens with zero attached hydrogens (tertiary/aromatic N) is 1. The molecule has 0 aromatic heterocycles. The summed E-state index contributed by atoms with van der Waals surface area (Å²) in [6.45, 7) is 1.74. The Morgan fingerprint density at radius 3 is 2.43 bits per heavy atom. The van der Waals surface area contributed by atoms with Gasteiger partial charge in [-0.3, -0.25) is 13.8 Å². The second kappa shape index (κ2) is 11.1. The number of unbranched alkanes of at least 4 members (excludes halogenated alkanes) is 2. The smallest absolute Gasteiger partial charge is 0.463 e. The zero-order valence-electron chi connectivity index (χ0n) is 14.6. The molecule has 0 spiro atoms. The summed E-state index contributed by atoms with van der Waals surface area (Å²) in [5.74, 6) is -0.417. The van der Waals surface area contributed by atoms with Crippen LogP contribution in [0, 0.1) is 0 Å². The van der Waals surface area contributed by atoms with Gasteiger partial charge in [-0.2, -0.15) is 0 Å². The third kappa shape index (κ3) is 13.6. The van der Waals surface area contributed by atoms with Crippen molar-refractivity contribution < 1.29 is 37.6 Å². The van der Waals surface area contributed by atoms with Gasteiger partial charge in [0.2, 0.25) is 0 Å². The second-order valence-corrected chi connectivity index (χ2v) is 7.77. The van der Waals surface area contributed by atoms with E-state index >= 15 is 0 Å². The summed E-state index contributed by atoms with van der Waals surface area (Å²) in [5, 5.41) is 9.16. The van der Waals surface area contributed by atoms with Gasteiger partial charge in [-0.15, -0.1) is 0 Å². The van der Waals surface area contributed by atoms with Gasteiger partial charge in [0.25, 0.3) is 0 Å². The van der Waals surface area contributed by atoms with E-state index in [0.717, 1.165) is 19.3 Å². The fourth-order valence-corrected chi connectivity index (χ4v) is 2.42. The minimum atomic E-state index is -4.30. The van der Waals surface area contributed by atoms with Crippen LogP contribution in [0.25, 0.3) is 0 Å². The fourth-order valence-electron chi connectivity index (χ4n) is 1.54. The lowest BCUT2D eigenvalue weighted by Crippen LogP contribution is -2.37. The monoisotopic (exact) mass is 356 g/mol. The normalized spacial score (nSPS) is 15.9. The van der Waals surface area contributed by atoms with Gasteiger partial charge in [0.05, 0.1) is 27.7 Å². The van der Waals surface area contributed by atoms with Gasteiger partial charge in [-0.25, -0.2) is 4.57 Å². The van der Waals surface area contributed by atoms with Crippen LogP contribution in [0.3, 0.4) is 0 Å². The van der Waals surface area contributed by atoms with Gasteiger partial charge in [-0.05, 0) is 6.42 Å². The molecule has 0 amide bonds.